The fourth-order valence-electron chi connectivity index (χ4n) is 0.869. The van der Waals surface area contributed by atoms with Gasteiger partial charge >= 0.3 is 12.1 Å². The third kappa shape index (κ3) is 5.02. The smallest absolute Gasteiger partial charge is 0.250 e. The summed E-state index contributed by atoms with van der Waals surface area (Å²) in [6, 6.07) is 0. The van der Waals surface area contributed by atoms with Crippen molar-refractivity contribution in [2.75, 3.05) is 24.5 Å². The zero-order valence-electron chi connectivity index (χ0n) is 8.42. The molecule has 0 radical (unpaired) electrons. The molecule has 0 rings (SSSR count). The van der Waals surface area contributed by atoms with E-state index in [2.05, 4.69) is 0 Å². The van der Waals surface area contributed by atoms with Crippen molar-refractivity contribution in [3.8, 4) is 0 Å². The highest BCUT2D eigenvalue weighted by Crippen LogP contribution is 2.41. The lowest BCUT2D eigenvalue weighted by molar-refractivity contribution is -0.284. The molecule has 0 nitrogen and oxygen atoms in total. The molecule has 0 atom stereocenters. The molecule has 0 aliphatic carbocycles. The Kier molecular flexibility index (Phi) is 4.24. The Hall–Kier alpha value is -0.0000000000000000555. The first-order chi connectivity index (χ1) is 5.96. The van der Waals surface area contributed by atoms with Crippen molar-refractivity contribution in [1.82, 2.24) is 0 Å². The van der Waals surface area contributed by atoms with Gasteiger partial charge in [-0.2, -0.15) is 22.0 Å². The van der Waals surface area contributed by atoms with E-state index in [9.17, 15) is 22.0 Å². The Bertz CT molecular complexity index is 179. The highest BCUT2D eigenvalue weighted by Gasteiger charge is 2.56. The molecule has 0 saturated heterocycles. The molecule has 0 saturated carbocycles. The van der Waals surface area contributed by atoms with Gasteiger partial charge in [-0.3, -0.25) is 0 Å². The lowest BCUT2D eigenvalue weighted by atomic mass is 10.2. The number of alkyl halides is 5. The van der Waals surface area contributed by atoms with Crippen LogP contribution in [0.2, 0.25) is 0 Å². The van der Waals surface area contributed by atoms with Crippen LogP contribution in [-0.4, -0.2) is 36.6 Å². The molecule has 0 aliphatic heterocycles. The highest BCUT2D eigenvalue weighted by molar-refractivity contribution is 8.32. The Balaban J connectivity index is 4.02. The third-order valence-electron chi connectivity index (χ3n) is 1.66. The second-order valence-electron chi connectivity index (χ2n) is 4.10. The zero-order valence-corrected chi connectivity index (χ0v) is 9.24. The molecular weight excluding hydrogens is 223 g/mol. The molecule has 0 heterocycles. The maximum absolute atomic E-state index is 12.4. The van der Waals surface area contributed by atoms with Crippen molar-refractivity contribution >= 4 is 10.0 Å². The van der Waals surface area contributed by atoms with Crippen LogP contribution in [0.4, 0.5) is 22.0 Å². The maximum atomic E-state index is 12.4. The lowest BCUT2D eigenvalue weighted by Crippen LogP contribution is -2.36. The van der Waals surface area contributed by atoms with Crippen molar-refractivity contribution < 1.29 is 22.0 Å². The molecule has 6 heteroatoms. The van der Waals surface area contributed by atoms with Gasteiger partial charge in [0.05, 0.1) is 0 Å². The van der Waals surface area contributed by atoms with E-state index >= 15 is 0 Å². The standard InChI is InChI=1S/C8H15F5S/c1-14(2,3)6-4-5-7(9,10)8(11,12)13/h4-6H2,1-3H3. The summed E-state index contributed by atoms with van der Waals surface area (Å²) < 4.78 is 59.9. The first-order valence-electron chi connectivity index (χ1n) is 4.06. The summed E-state index contributed by atoms with van der Waals surface area (Å²) in [7, 11) is -0.993. The summed E-state index contributed by atoms with van der Waals surface area (Å²) in [4.78, 5) is 0. The number of hydrogen-bond donors (Lipinski definition) is 0. The lowest BCUT2D eigenvalue weighted by Gasteiger charge is -2.26. The molecule has 0 unspecified atom stereocenters. The van der Waals surface area contributed by atoms with Gasteiger partial charge < -0.3 is 0 Å². The molecule has 0 N–H and O–H groups in total. The average Bonchev–Trinajstić information content (AvgIpc) is 1.80. The van der Waals surface area contributed by atoms with Crippen LogP contribution in [0.25, 0.3) is 0 Å². The average molecular weight is 238 g/mol. The number of hydrogen-bond acceptors (Lipinski definition) is 0. The van der Waals surface area contributed by atoms with E-state index in [-0.39, 0.29) is 6.42 Å². The van der Waals surface area contributed by atoms with Crippen LogP contribution in [-0.2, 0) is 0 Å². The molecular formula is C8H15F5S. The first kappa shape index (κ1) is 14.0. The number of rotatable bonds is 4. The molecule has 0 aromatic rings. The van der Waals surface area contributed by atoms with Gasteiger partial charge in [-0.15, -0.1) is 0 Å². The van der Waals surface area contributed by atoms with E-state index in [1.54, 1.807) is 0 Å². The predicted octanol–water partition coefficient (Wildman–Crippen LogP) is 3.66. The van der Waals surface area contributed by atoms with Gasteiger partial charge in [0, 0.05) is 6.42 Å². The Labute approximate surface area is 82.2 Å². The van der Waals surface area contributed by atoms with Gasteiger partial charge in [-0.1, -0.05) is 0 Å². The monoisotopic (exact) mass is 238 g/mol. The minimum absolute atomic E-state index is 0.0780. The van der Waals surface area contributed by atoms with Gasteiger partial charge in [0.2, 0.25) is 0 Å². The Morgan fingerprint density at radius 3 is 1.64 bits per heavy atom. The zero-order chi connectivity index (χ0) is 11.6. The van der Waals surface area contributed by atoms with Crippen LogP contribution in [0.15, 0.2) is 0 Å². The van der Waals surface area contributed by atoms with Crippen LogP contribution in [0.3, 0.4) is 0 Å². The van der Waals surface area contributed by atoms with Gasteiger partial charge in [0.25, 0.3) is 0 Å². The SMILES string of the molecule is CS(C)(C)CCCC(F)(F)C(F)(F)F. The van der Waals surface area contributed by atoms with Gasteiger partial charge in [0.15, 0.2) is 0 Å². The topological polar surface area (TPSA) is 0 Å². The van der Waals surface area contributed by atoms with Crippen molar-refractivity contribution in [2.24, 2.45) is 0 Å². The van der Waals surface area contributed by atoms with Crippen LogP contribution < -0.4 is 0 Å². The van der Waals surface area contributed by atoms with E-state index in [0.29, 0.717) is 5.75 Å². The molecule has 0 aromatic heterocycles. The largest absolute Gasteiger partial charge is 0.453 e. The quantitative estimate of drug-likeness (QED) is 0.656. The van der Waals surface area contributed by atoms with E-state index in [4.69, 9.17) is 0 Å². The van der Waals surface area contributed by atoms with Crippen molar-refractivity contribution in [3.05, 3.63) is 0 Å². The summed E-state index contributed by atoms with van der Waals surface area (Å²) >= 11 is 0. The van der Waals surface area contributed by atoms with E-state index in [1.807, 2.05) is 18.8 Å². The van der Waals surface area contributed by atoms with E-state index in [1.165, 1.54) is 0 Å². The van der Waals surface area contributed by atoms with Crippen molar-refractivity contribution in [3.63, 3.8) is 0 Å². The minimum Gasteiger partial charge on any atom is -0.250 e. The third-order valence-corrected chi connectivity index (χ3v) is 3.18. The van der Waals surface area contributed by atoms with E-state index < -0.39 is 28.5 Å². The Morgan fingerprint density at radius 2 is 1.36 bits per heavy atom. The molecule has 0 amide bonds. The van der Waals surface area contributed by atoms with E-state index in [0.717, 1.165) is 0 Å². The van der Waals surface area contributed by atoms with Gasteiger partial charge in [0.1, 0.15) is 0 Å². The molecule has 0 bridgehead atoms. The molecule has 0 spiro atoms. The van der Waals surface area contributed by atoms with Crippen LogP contribution in [0.5, 0.6) is 0 Å². The van der Waals surface area contributed by atoms with Gasteiger partial charge in [-0.05, 0) is 30.9 Å². The normalized spacial score (nSPS) is 15.7. The summed E-state index contributed by atoms with van der Waals surface area (Å²) in [5, 5.41) is 0. The molecule has 0 aliphatic rings. The first-order valence-corrected chi connectivity index (χ1v) is 7.09. The van der Waals surface area contributed by atoms with Crippen LogP contribution in [0, 0.1) is 0 Å². The summed E-state index contributed by atoms with van der Waals surface area (Å²) in [6.45, 7) is 0. The second kappa shape index (κ2) is 4.24. The predicted molar refractivity (Wildman–Crippen MR) is 50.5 cm³/mol. The fourth-order valence-corrected chi connectivity index (χ4v) is 1.88. The molecule has 0 fully saturated rings. The Morgan fingerprint density at radius 1 is 0.929 bits per heavy atom. The minimum atomic E-state index is -5.40. The summed E-state index contributed by atoms with van der Waals surface area (Å²) in [5.74, 6) is -4.09. The van der Waals surface area contributed by atoms with Crippen molar-refractivity contribution in [1.29, 1.82) is 0 Å². The molecule has 88 valence electrons. The van der Waals surface area contributed by atoms with Crippen LogP contribution >= 0.6 is 10.0 Å². The van der Waals surface area contributed by atoms with Gasteiger partial charge in [-0.25, -0.2) is 10.0 Å². The number of halogens is 5. The summed E-state index contributed by atoms with van der Waals surface area (Å²) in [6.07, 6.45) is -0.914. The van der Waals surface area contributed by atoms with Crippen molar-refractivity contribution in [2.45, 2.75) is 24.9 Å². The highest BCUT2D eigenvalue weighted by atomic mass is 32.3. The van der Waals surface area contributed by atoms with Crippen LogP contribution in [0.1, 0.15) is 12.8 Å². The summed E-state index contributed by atoms with van der Waals surface area (Å²) in [5.41, 5.74) is 0. The molecule has 14 heavy (non-hydrogen) atoms. The fraction of sp³-hybridized carbons (Fsp3) is 1.00. The second-order valence-corrected chi connectivity index (χ2v) is 8.69. The maximum Gasteiger partial charge on any atom is 0.453 e. The molecule has 0 aromatic carbocycles.